The van der Waals surface area contributed by atoms with Crippen molar-refractivity contribution in [2.45, 2.75) is 19.8 Å². The average molecular weight is 200 g/mol. The molecule has 1 heterocycles. The van der Waals surface area contributed by atoms with Crippen LogP contribution in [0.25, 0.3) is 0 Å². The first kappa shape index (κ1) is 12.0. The van der Waals surface area contributed by atoms with E-state index in [9.17, 15) is 0 Å². The largest absolute Gasteiger partial charge is 0.384 e. The van der Waals surface area contributed by atoms with Crippen molar-refractivity contribution in [3.05, 3.63) is 0 Å². The van der Waals surface area contributed by atoms with Gasteiger partial charge in [0.15, 0.2) is 0 Å². The van der Waals surface area contributed by atoms with Gasteiger partial charge in [-0.05, 0) is 50.9 Å². The molecule has 1 unspecified atom stereocenters. The number of nitrogens with one attached hydrogen (secondary N) is 2. The summed E-state index contributed by atoms with van der Waals surface area (Å²) in [7, 11) is 1.77. The lowest BCUT2D eigenvalue weighted by Crippen LogP contribution is -2.35. The molecule has 0 saturated carbocycles. The van der Waals surface area contributed by atoms with Gasteiger partial charge in [-0.3, -0.25) is 0 Å². The fraction of sp³-hybridized carbons (Fsp3) is 1.00. The maximum Gasteiger partial charge on any atom is 0.0499 e. The van der Waals surface area contributed by atoms with Gasteiger partial charge in [-0.25, -0.2) is 0 Å². The Balaban J connectivity index is 1.96. The number of piperidine rings is 1. The predicted octanol–water partition coefficient (Wildman–Crippen LogP) is 0.858. The summed E-state index contributed by atoms with van der Waals surface area (Å²) in [4.78, 5) is 0. The number of rotatable bonds is 6. The molecule has 0 spiro atoms. The highest BCUT2D eigenvalue weighted by molar-refractivity contribution is 4.70. The van der Waals surface area contributed by atoms with Gasteiger partial charge in [0, 0.05) is 13.7 Å². The van der Waals surface area contributed by atoms with Gasteiger partial charge in [0.1, 0.15) is 0 Å². The minimum atomic E-state index is 0.627. The van der Waals surface area contributed by atoms with Crippen LogP contribution < -0.4 is 10.6 Å². The second-order valence-electron chi connectivity index (χ2n) is 4.41. The Labute approximate surface area is 87.6 Å². The molecule has 0 amide bonds. The first-order chi connectivity index (χ1) is 6.83. The van der Waals surface area contributed by atoms with Crippen molar-refractivity contribution in [2.75, 3.05) is 39.9 Å². The van der Waals surface area contributed by atoms with Crippen LogP contribution in [-0.2, 0) is 4.74 Å². The molecule has 1 fully saturated rings. The van der Waals surface area contributed by atoms with Gasteiger partial charge in [-0.2, -0.15) is 0 Å². The molecule has 84 valence electrons. The lowest BCUT2D eigenvalue weighted by molar-refractivity contribution is 0.157. The summed E-state index contributed by atoms with van der Waals surface area (Å²) < 4.78 is 5.10. The molecule has 0 aliphatic carbocycles. The van der Waals surface area contributed by atoms with Crippen LogP contribution in [0.15, 0.2) is 0 Å². The Morgan fingerprint density at radius 2 is 2.14 bits per heavy atom. The summed E-state index contributed by atoms with van der Waals surface area (Å²) in [6.45, 7) is 7.73. The van der Waals surface area contributed by atoms with E-state index in [1.807, 2.05) is 0 Å². The first-order valence-corrected chi connectivity index (χ1v) is 5.73. The van der Waals surface area contributed by atoms with E-state index in [1.54, 1.807) is 7.11 Å². The van der Waals surface area contributed by atoms with Gasteiger partial charge in [0.2, 0.25) is 0 Å². The highest BCUT2D eigenvalue weighted by Crippen LogP contribution is 2.09. The molecule has 0 aromatic carbocycles. The molecule has 0 bridgehead atoms. The SMILES string of the molecule is COCC(C)CNCC1CCNCC1. The average Bonchev–Trinajstić information content (AvgIpc) is 2.20. The molecule has 0 radical (unpaired) electrons. The Morgan fingerprint density at radius 3 is 2.79 bits per heavy atom. The van der Waals surface area contributed by atoms with Crippen molar-refractivity contribution in [3.8, 4) is 0 Å². The van der Waals surface area contributed by atoms with Crippen LogP contribution in [0, 0.1) is 11.8 Å². The molecule has 1 aliphatic heterocycles. The van der Waals surface area contributed by atoms with E-state index in [-0.39, 0.29) is 0 Å². The minimum Gasteiger partial charge on any atom is -0.384 e. The second-order valence-corrected chi connectivity index (χ2v) is 4.41. The Morgan fingerprint density at radius 1 is 1.43 bits per heavy atom. The van der Waals surface area contributed by atoms with E-state index in [1.165, 1.54) is 32.5 Å². The third kappa shape index (κ3) is 4.94. The molecule has 1 saturated heterocycles. The first-order valence-electron chi connectivity index (χ1n) is 5.73. The molecule has 1 aliphatic rings. The second kappa shape index (κ2) is 7.21. The zero-order chi connectivity index (χ0) is 10.2. The van der Waals surface area contributed by atoms with E-state index < -0.39 is 0 Å². The summed E-state index contributed by atoms with van der Waals surface area (Å²) in [5.41, 5.74) is 0. The van der Waals surface area contributed by atoms with Gasteiger partial charge >= 0.3 is 0 Å². The quantitative estimate of drug-likeness (QED) is 0.667. The maximum atomic E-state index is 5.10. The van der Waals surface area contributed by atoms with Crippen molar-refractivity contribution in [2.24, 2.45) is 11.8 Å². The molecule has 3 nitrogen and oxygen atoms in total. The Hall–Kier alpha value is -0.120. The van der Waals surface area contributed by atoms with Gasteiger partial charge < -0.3 is 15.4 Å². The molecule has 14 heavy (non-hydrogen) atoms. The van der Waals surface area contributed by atoms with E-state index in [0.29, 0.717) is 5.92 Å². The van der Waals surface area contributed by atoms with Crippen LogP contribution in [0.1, 0.15) is 19.8 Å². The van der Waals surface area contributed by atoms with Crippen LogP contribution in [-0.4, -0.2) is 39.9 Å². The minimum absolute atomic E-state index is 0.627. The summed E-state index contributed by atoms with van der Waals surface area (Å²) in [5, 5.41) is 6.92. The maximum absolute atomic E-state index is 5.10. The molecular formula is C11H24N2O. The molecule has 1 rings (SSSR count). The fourth-order valence-electron chi connectivity index (χ4n) is 1.96. The van der Waals surface area contributed by atoms with Gasteiger partial charge in [0.25, 0.3) is 0 Å². The summed E-state index contributed by atoms with van der Waals surface area (Å²) >= 11 is 0. The molecule has 2 N–H and O–H groups in total. The van der Waals surface area contributed by atoms with E-state index >= 15 is 0 Å². The van der Waals surface area contributed by atoms with Crippen molar-refractivity contribution < 1.29 is 4.74 Å². The van der Waals surface area contributed by atoms with E-state index in [2.05, 4.69) is 17.6 Å². The lowest BCUT2D eigenvalue weighted by Gasteiger charge is -2.23. The zero-order valence-corrected chi connectivity index (χ0v) is 9.51. The van der Waals surface area contributed by atoms with Crippen LogP contribution in [0.4, 0.5) is 0 Å². The van der Waals surface area contributed by atoms with Crippen molar-refractivity contribution in [1.29, 1.82) is 0 Å². The van der Waals surface area contributed by atoms with Crippen LogP contribution in [0.5, 0.6) is 0 Å². The predicted molar refractivity (Wildman–Crippen MR) is 59.5 cm³/mol. The third-order valence-corrected chi connectivity index (χ3v) is 2.84. The Kier molecular flexibility index (Phi) is 6.15. The van der Waals surface area contributed by atoms with Crippen molar-refractivity contribution >= 4 is 0 Å². The van der Waals surface area contributed by atoms with Gasteiger partial charge in [-0.15, -0.1) is 0 Å². The standard InChI is InChI=1S/C11H24N2O/c1-10(9-14-2)7-13-8-11-3-5-12-6-4-11/h10-13H,3-9H2,1-2H3. The fourth-order valence-corrected chi connectivity index (χ4v) is 1.96. The number of methoxy groups -OCH3 is 1. The monoisotopic (exact) mass is 200 g/mol. The normalized spacial score (nSPS) is 21.0. The molecular weight excluding hydrogens is 176 g/mol. The van der Waals surface area contributed by atoms with Crippen LogP contribution >= 0.6 is 0 Å². The number of ether oxygens (including phenoxy) is 1. The highest BCUT2D eigenvalue weighted by atomic mass is 16.5. The summed E-state index contributed by atoms with van der Waals surface area (Å²) in [6, 6.07) is 0. The highest BCUT2D eigenvalue weighted by Gasteiger charge is 2.12. The van der Waals surface area contributed by atoms with Gasteiger partial charge in [-0.1, -0.05) is 6.92 Å². The Bertz CT molecular complexity index is 135. The topological polar surface area (TPSA) is 33.3 Å². The molecule has 1 atom stereocenters. The van der Waals surface area contributed by atoms with Crippen molar-refractivity contribution in [3.63, 3.8) is 0 Å². The third-order valence-electron chi connectivity index (χ3n) is 2.84. The molecule has 3 heteroatoms. The van der Waals surface area contributed by atoms with E-state index in [0.717, 1.165) is 19.1 Å². The zero-order valence-electron chi connectivity index (χ0n) is 9.51. The van der Waals surface area contributed by atoms with Gasteiger partial charge in [0.05, 0.1) is 0 Å². The molecule has 0 aromatic heterocycles. The number of hydrogen-bond acceptors (Lipinski definition) is 3. The molecule has 0 aromatic rings. The summed E-state index contributed by atoms with van der Waals surface area (Å²) in [6.07, 6.45) is 2.65. The smallest absolute Gasteiger partial charge is 0.0499 e. The van der Waals surface area contributed by atoms with E-state index in [4.69, 9.17) is 4.74 Å². The van der Waals surface area contributed by atoms with Crippen molar-refractivity contribution in [1.82, 2.24) is 10.6 Å². The van der Waals surface area contributed by atoms with Crippen LogP contribution in [0.2, 0.25) is 0 Å². The number of hydrogen-bond donors (Lipinski definition) is 2. The lowest BCUT2D eigenvalue weighted by atomic mass is 9.98. The van der Waals surface area contributed by atoms with Crippen LogP contribution in [0.3, 0.4) is 0 Å². The summed E-state index contributed by atoms with van der Waals surface area (Å²) in [5.74, 6) is 1.51.